The first-order valence-corrected chi connectivity index (χ1v) is 18.7. The third-order valence-corrected chi connectivity index (χ3v) is 11.0. The number of piperidine rings is 1. The summed E-state index contributed by atoms with van der Waals surface area (Å²) >= 11 is 6.17. The van der Waals surface area contributed by atoms with E-state index >= 15 is 0 Å². The van der Waals surface area contributed by atoms with Crippen LogP contribution in [-0.2, 0) is 36.0 Å². The molecule has 5 heterocycles. The molecule has 2 aliphatic rings. The third-order valence-electron chi connectivity index (χ3n) is 10.7. The second kappa shape index (κ2) is 15.2. The summed E-state index contributed by atoms with van der Waals surface area (Å²) in [6.07, 6.45) is 0.0441. The van der Waals surface area contributed by atoms with Crippen LogP contribution < -0.4 is 20.3 Å². The number of halogens is 4. The topological polar surface area (TPSA) is 159 Å². The Morgan fingerprint density at radius 2 is 1.78 bits per heavy atom. The van der Waals surface area contributed by atoms with Crippen LogP contribution in [0.3, 0.4) is 0 Å². The van der Waals surface area contributed by atoms with Crippen molar-refractivity contribution in [2.45, 2.75) is 57.3 Å². The summed E-state index contributed by atoms with van der Waals surface area (Å²) in [5.41, 5.74) is 0.960. The van der Waals surface area contributed by atoms with Crippen molar-refractivity contribution in [1.82, 2.24) is 39.0 Å². The second-order valence-corrected chi connectivity index (χ2v) is 14.6. The fraction of sp³-hybridized carbons (Fsp3) is 0.300. The molecule has 1 aliphatic carbocycles. The van der Waals surface area contributed by atoms with E-state index in [0.29, 0.717) is 72.9 Å². The predicted molar refractivity (Wildman–Crippen MR) is 205 cm³/mol. The van der Waals surface area contributed by atoms with Gasteiger partial charge < -0.3 is 24.3 Å². The van der Waals surface area contributed by atoms with E-state index in [9.17, 15) is 27.6 Å². The maximum atomic E-state index is 14.5. The summed E-state index contributed by atoms with van der Waals surface area (Å²) < 4.78 is 53.9. The molecule has 0 unspecified atom stereocenters. The minimum atomic E-state index is -4.62. The largest absolute Gasteiger partial charge is 0.495 e. The molecule has 6 aromatic rings. The fourth-order valence-corrected chi connectivity index (χ4v) is 7.94. The molecule has 0 bridgehead atoms. The molecule has 4 aromatic heterocycles. The first-order chi connectivity index (χ1) is 27.8. The Morgan fingerprint density at radius 3 is 2.47 bits per heavy atom. The highest BCUT2D eigenvalue weighted by Gasteiger charge is 2.46. The Kier molecular flexibility index (Phi) is 10.1. The van der Waals surface area contributed by atoms with Gasteiger partial charge in [0, 0.05) is 29.8 Å². The number of carbonyl (C=O) groups excluding carboxylic acids is 2. The van der Waals surface area contributed by atoms with Crippen molar-refractivity contribution in [2.24, 2.45) is 0 Å². The van der Waals surface area contributed by atoms with Crippen LogP contribution in [-0.4, -0.2) is 71.0 Å². The van der Waals surface area contributed by atoms with Crippen molar-refractivity contribution >= 4 is 34.9 Å². The molecule has 14 nitrogen and oxygen atoms in total. The van der Waals surface area contributed by atoms with Gasteiger partial charge in [0.15, 0.2) is 11.4 Å². The van der Waals surface area contributed by atoms with Gasteiger partial charge in [0.25, 0.3) is 11.5 Å². The molecule has 8 rings (SSSR count). The number of carbonyl (C=O) groups is 2. The van der Waals surface area contributed by atoms with Crippen molar-refractivity contribution in [3.63, 3.8) is 0 Å². The number of nitrogens with zero attached hydrogens (tertiary/aromatic N) is 8. The third kappa shape index (κ3) is 7.21. The summed E-state index contributed by atoms with van der Waals surface area (Å²) in [7, 11) is 1.50. The monoisotopic (exact) mass is 813 g/mol. The van der Waals surface area contributed by atoms with Gasteiger partial charge in [-0.1, -0.05) is 41.9 Å². The molecule has 2 aromatic carbocycles. The molecule has 58 heavy (non-hydrogen) atoms. The Bertz CT molecular complexity index is 2610. The number of amides is 2. The van der Waals surface area contributed by atoms with Crippen LogP contribution in [0.5, 0.6) is 11.5 Å². The number of ether oxygens (including phenoxy) is 2. The molecule has 298 valence electrons. The quantitative estimate of drug-likeness (QED) is 0.182. The molecule has 0 radical (unpaired) electrons. The number of rotatable bonds is 9. The van der Waals surface area contributed by atoms with Gasteiger partial charge in [-0.2, -0.15) is 22.7 Å². The van der Waals surface area contributed by atoms with Gasteiger partial charge >= 0.3 is 6.18 Å². The van der Waals surface area contributed by atoms with Gasteiger partial charge in [0.1, 0.15) is 30.9 Å². The molecule has 18 heteroatoms. The van der Waals surface area contributed by atoms with Crippen molar-refractivity contribution in [2.75, 3.05) is 25.5 Å². The predicted octanol–water partition coefficient (Wildman–Crippen LogP) is 6.07. The molecule has 1 N–H and O–H groups in total. The van der Waals surface area contributed by atoms with Crippen LogP contribution in [0.2, 0.25) is 5.02 Å². The van der Waals surface area contributed by atoms with Crippen molar-refractivity contribution < 1.29 is 32.2 Å². The summed E-state index contributed by atoms with van der Waals surface area (Å²) in [5, 5.41) is 6.86. The Hall–Kier alpha value is -6.36. The smallest absolute Gasteiger partial charge is 0.416 e. The molecular weight excluding hydrogens is 779 g/mol. The highest BCUT2D eigenvalue weighted by molar-refractivity contribution is 6.33. The number of methoxy groups -OCH3 is 1. The summed E-state index contributed by atoms with van der Waals surface area (Å²) in [5.74, 6) is 0.0778. The zero-order valence-corrected chi connectivity index (χ0v) is 32.0. The van der Waals surface area contributed by atoms with Crippen molar-refractivity contribution in [1.29, 1.82) is 0 Å². The lowest BCUT2D eigenvalue weighted by atomic mass is 9.74. The molecule has 2 amide bonds. The first kappa shape index (κ1) is 38.5. The number of aromatic nitrogens is 7. The first-order valence-electron chi connectivity index (χ1n) is 18.3. The highest BCUT2D eigenvalue weighted by Crippen LogP contribution is 2.45. The van der Waals surface area contributed by atoms with E-state index in [1.165, 1.54) is 19.6 Å². The Morgan fingerprint density at radius 1 is 1.00 bits per heavy atom. The zero-order valence-electron chi connectivity index (χ0n) is 31.2. The number of hydrogen-bond donors (Lipinski definition) is 1. The number of pyridine rings is 1. The standard InChI is InChI=1S/C40H35ClF3N9O5/c1-23-34(58-21-24-6-4-3-5-7-24)33(47-22-46-23)37(56)51-16-14-39(15-17-51)13-12-30-32(39)36(55)53-38(49-35(50-53)29-11-9-26(57-2)19-45-29)52(30)20-31(54)48-28-10-8-25(18-27(28)41)40(42,43)44/h3-11,18-19,22H,12-17,20-21H2,1-2H3,(H,48,54). The molecular formula is C40H35ClF3N9O5. The average Bonchev–Trinajstić information content (AvgIpc) is 3.83. The van der Waals surface area contributed by atoms with Gasteiger partial charge in [-0.3, -0.25) is 14.4 Å². The molecule has 1 fully saturated rings. The zero-order chi connectivity index (χ0) is 40.8. The Labute approximate surface area is 333 Å². The van der Waals surface area contributed by atoms with Gasteiger partial charge in [-0.25, -0.2) is 15.0 Å². The lowest BCUT2D eigenvalue weighted by Gasteiger charge is -2.39. The molecule has 0 saturated carbocycles. The van der Waals surface area contributed by atoms with E-state index in [1.807, 2.05) is 30.3 Å². The SMILES string of the molecule is COc1ccc(-c2nc3n(CC(=O)Nc4ccc(C(F)(F)F)cc4Cl)c4c(c(=O)n3n2)C2(CC4)CCN(C(=O)c3ncnc(C)c3OCc3ccccc3)CC2)nc1. The Balaban J connectivity index is 1.10. The minimum absolute atomic E-state index is 0.0148. The fourth-order valence-electron chi connectivity index (χ4n) is 7.71. The van der Waals surface area contributed by atoms with Crippen molar-refractivity contribution in [3.8, 4) is 23.0 Å². The van der Waals surface area contributed by atoms with Gasteiger partial charge in [-0.15, -0.1) is 5.10 Å². The number of hydrogen-bond acceptors (Lipinski definition) is 10. The molecule has 0 atom stereocenters. The van der Waals surface area contributed by atoms with Gasteiger partial charge in [-0.05, 0) is 68.5 Å². The van der Waals surface area contributed by atoms with E-state index < -0.39 is 28.6 Å². The maximum Gasteiger partial charge on any atom is 0.416 e. The van der Waals surface area contributed by atoms with Gasteiger partial charge in [0.05, 0.1) is 35.3 Å². The van der Waals surface area contributed by atoms with E-state index in [2.05, 4.69) is 30.4 Å². The number of nitrogens with one attached hydrogen (secondary N) is 1. The number of alkyl halides is 3. The normalized spacial score (nSPS) is 14.8. The van der Waals surface area contributed by atoms with Gasteiger partial charge in [0.2, 0.25) is 17.5 Å². The number of likely N-dealkylation sites (tertiary alicyclic amines) is 1. The van der Waals surface area contributed by atoms with E-state index in [-0.39, 0.29) is 47.1 Å². The number of aryl methyl sites for hydroxylation is 1. The van der Waals surface area contributed by atoms with Crippen LogP contribution >= 0.6 is 11.6 Å². The second-order valence-electron chi connectivity index (χ2n) is 14.2. The van der Waals surface area contributed by atoms with E-state index in [4.69, 9.17) is 21.1 Å². The summed E-state index contributed by atoms with van der Waals surface area (Å²) in [6.45, 7) is 2.23. The summed E-state index contributed by atoms with van der Waals surface area (Å²) in [6, 6.07) is 15.5. The lowest BCUT2D eigenvalue weighted by molar-refractivity contribution is -0.137. The highest BCUT2D eigenvalue weighted by atomic mass is 35.5. The van der Waals surface area contributed by atoms with Crippen LogP contribution in [0, 0.1) is 6.92 Å². The minimum Gasteiger partial charge on any atom is -0.495 e. The molecule has 1 spiro atoms. The molecule has 1 aliphatic heterocycles. The van der Waals surface area contributed by atoms with Crippen LogP contribution in [0.25, 0.3) is 17.3 Å². The molecule has 1 saturated heterocycles. The average molecular weight is 814 g/mol. The van der Waals surface area contributed by atoms with Crippen LogP contribution in [0.1, 0.15) is 57.8 Å². The maximum absolute atomic E-state index is 14.5. The van der Waals surface area contributed by atoms with Crippen LogP contribution in [0.4, 0.5) is 18.9 Å². The number of benzene rings is 2. The van der Waals surface area contributed by atoms with E-state index in [1.54, 1.807) is 28.5 Å². The number of fused-ring (bicyclic) bond motifs is 3. The van der Waals surface area contributed by atoms with Crippen LogP contribution in [0.15, 0.2) is 78.0 Å². The van der Waals surface area contributed by atoms with Crippen molar-refractivity contribution in [3.05, 3.63) is 122 Å². The van der Waals surface area contributed by atoms with E-state index in [0.717, 1.165) is 28.3 Å². The lowest BCUT2D eigenvalue weighted by Crippen LogP contribution is -2.47. The number of anilines is 1. The summed E-state index contributed by atoms with van der Waals surface area (Å²) in [4.78, 5) is 61.5.